The van der Waals surface area contributed by atoms with Crippen molar-refractivity contribution in [3.05, 3.63) is 23.8 Å². The van der Waals surface area contributed by atoms with Gasteiger partial charge in [0.25, 0.3) is 0 Å². The van der Waals surface area contributed by atoms with Gasteiger partial charge in [0.05, 0.1) is 26.6 Å². The number of carbonyl (C=O) groups excluding carboxylic acids is 2. The van der Waals surface area contributed by atoms with Crippen molar-refractivity contribution < 1.29 is 23.8 Å². The molecule has 1 atom stereocenters. The van der Waals surface area contributed by atoms with Gasteiger partial charge >= 0.3 is 11.9 Å². The van der Waals surface area contributed by atoms with Gasteiger partial charge < -0.3 is 14.2 Å². The average molecular weight is 250 g/mol. The molecule has 0 amide bonds. The SMILES string of the molecule is COc1ccc(OC)c(CC2CC(=O)OC2=O)c1. The zero-order chi connectivity index (χ0) is 13.1. The lowest BCUT2D eigenvalue weighted by Gasteiger charge is -2.11. The van der Waals surface area contributed by atoms with E-state index in [1.807, 2.05) is 0 Å². The summed E-state index contributed by atoms with van der Waals surface area (Å²) in [5, 5.41) is 0. The van der Waals surface area contributed by atoms with Gasteiger partial charge in [0.15, 0.2) is 0 Å². The predicted molar refractivity (Wildman–Crippen MR) is 62.5 cm³/mol. The molecule has 1 aliphatic rings. The van der Waals surface area contributed by atoms with Crippen molar-refractivity contribution in [3.63, 3.8) is 0 Å². The summed E-state index contributed by atoms with van der Waals surface area (Å²) >= 11 is 0. The van der Waals surface area contributed by atoms with E-state index in [4.69, 9.17) is 9.47 Å². The van der Waals surface area contributed by atoms with Gasteiger partial charge in [-0.05, 0) is 30.2 Å². The highest BCUT2D eigenvalue weighted by Gasteiger charge is 2.33. The third-order valence-corrected chi connectivity index (χ3v) is 2.91. The Morgan fingerprint density at radius 1 is 1.28 bits per heavy atom. The van der Waals surface area contributed by atoms with Crippen molar-refractivity contribution in [3.8, 4) is 11.5 Å². The lowest BCUT2D eigenvalue weighted by molar-refractivity contribution is -0.153. The molecular formula is C13H14O5. The number of cyclic esters (lactones) is 2. The molecule has 0 aliphatic carbocycles. The van der Waals surface area contributed by atoms with E-state index in [0.717, 1.165) is 5.56 Å². The van der Waals surface area contributed by atoms with Crippen molar-refractivity contribution in [1.29, 1.82) is 0 Å². The van der Waals surface area contributed by atoms with Gasteiger partial charge in [-0.2, -0.15) is 0 Å². The van der Waals surface area contributed by atoms with E-state index in [1.165, 1.54) is 0 Å². The zero-order valence-electron chi connectivity index (χ0n) is 10.3. The first kappa shape index (κ1) is 12.4. The van der Waals surface area contributed by atoms with Crippen LogP contribution in [0.15, 0.2) is 18.2 Å². The Morgan fingerprint density at radius 3 is 2.61 bits per heavy atom. The van der Waals surface area contributed by atoms with Gasteiger partial charge in [0, 0.05) is 0 Å². The molecule has 1 saturated heterocycles. The summed E-state index contributed by atoms with van der Waals surface area (Å²) in [6.07, 6.45) is 0.532. The number of hydrogen-bond acceptors (Lipinski definition) is 5. The highest BCUT2D eigenvalue weighted by molar-refractivity contribution is 5.94. The summed E-state index contributed by atoms with van der Waals surface area (Å²) in [6.45, 7) is 0. The number of rotatable bonds is 4. The Kier molecular flexibility index (Phi) is 3.50. The van der Waals surface area contributed by atoms with Crippen LogP contribution < -0.4 is 9.47 Å². The molecule has 1 aromatic rings. The number of benzene rings is 1. The molecule has 0 aromatic heterocycles. The lowest BCUT2D eigenvalue weighted by atomic mass is 9.97. The molecule has 5 heteroatoms. The molecule has 1 heterocycles. The topological polar surface area (TPSA) is 61.8 Å². The maximum Gasteiger partial charge on any atom is 0.317 e. The highest BCUT2D eigenvalue weighted by Crippen LogP contribution is 2.29. The maximum atomic E-state index is 11.4. The van der Waals surface area contributed by atoms with Crippen LogP contribution in [0.1, 0.15) is 12.0 Å². The monoisotopic (exact) mass is 250 g/mol. The molecule has 5 nitrogen and oxygen atoms in total. The third-order valence-electron chi connectivity index (χ3n) is 2.91. The summed E-state index contributed by atoms with van der Waals surface area (Å²) < 4.78 is 14.9. The first-order valence-electron chi connectivity index (χ1n) is 5.59. The van der Waals surface area contributed by atoms with Gasteiger partial charge in [-0.15, -0.1) is 0 Å². The normalized spacial score (nSPS) is 18.7. The molecule has 2 rings (SSSR count). The summed E-state index contributed by atoms with van der Waals surface area (Å²) in [7, 11) is 3.13. The van der Waals surface area contributed by atoms with Gasteiger partial charge in [0.2, 0.25) is 0 Å². The molecule has 1 unspecified atom stereocenters. The van der Waals surface area contributed by atoms with Crippen molar-refractivity contribution in [2.24, 2.45) is 5.92 Å². The lowest BCUT2D eigenvalue weighted by Crippen LogP contribution is -2.11. The van der Waals surface area contributed by atoms with Crippen LogP contribution in [0.25, 0.3) is 0 Å². The van der Waals surface area contributed by atoms with Crippen LogP contribution >= 0.6 is 0 Å². The van der Waals surface area contributed by atoms with Crippen molar-refractivity contribution >= 4 is 11.9 Å². The Labute approximate surface area is 105 Å². The molecule has 0 radical (unpaired) electrons. The molecule has 1 fully saturated rings. The largest absolute Gasteiger partial charge is 0.497 e. The quantitative estimate of drug-likeness (QED) is 0.596. The summed E-state index contributed by atoms with van der Waals surface area (Å²) in [5.41, 5.74) is 0.827. The number of methoxy groups -OCH3 is 2. The number of carbonyl (C=O) groups is 2. The van der Waals surface area contributed by atoms with E-state index in [9.17, 15) is 9.59 Å². The van der Waals surface area contributed by atoms with Gasteiger partial charge in [-0.25, -0.2) is 0 Å². The van der Waals surface area contributed by atoms with Crippen molar-refractivity contribution in [2.75, 3.05) is 14.2 Å². The summed E-state index contributed by atoms with van der Waals surface area (Å²) in [5.74, 6) is -0.0123. The van der Waals surface area contributed by atoms with E-state index in [1.54, 1.807) is 32.4 Å². The summed E-state index contributed by atoms with van der Waals surface area (Å²) in [6, 6.07) is 5.35. The average Bonchev–Trinajstić information content (AvgIpc) is 2.67. The number of ether oxygens (including phenoxy) is 3. The number of hydrogen-bond donors (Lipinski definition) is 0. The van der Waals surface area contributed by atoms with Crippen LogP contribution in [0.4, 0.5) is 0 Å². The second-order valence-corrected chi connectivity index (χ2v) is 4.08. The minimum atomic E-state index is -0.468. The Bertz CT molecular complexity index is 480. The van der Waals surface area contributed by atoms with Crippen LogP contribution in [-0.4, -0.2) is 26.2 Å². The Morgan fingerprint density at radius 2 is 2.06 bits per heavy atom. The van der Waals surface area contributed by atoms with Gasteiger partial charge in [-0.3, -0.25) is 9.59 Å². The highest BCUT2D eigenvalue weighted by atomic mass is 16.6. The van der Waals surface area contributed by atoms with Crippen LogP contribution in [0, 0.1) is 5.92 Å². The van der Waals surface area contributed by atoms with Gasteiger partial charge in [-0.1, -0.05) is 0 Å². The van der Waals surface area contributed by atoms with E-state index in [2.05, 4.69) is 4.74 Å². The van der Waals surface area contributed by atoms with Crippen LogP contribution in [-0.2, 0) is 20.7 Å². The predicted octanol–water partition coefficient (Wildman–Crippen LogP) is 1.34. The second-order valence-electron chi connectivity index (χ2n) is 4.08. The van der Waals surface area contributed by atoms with E-state index in [0.29, 0.717) is 17.9 Å². The Hall–Kier alpha value is -2.04. The molecule has 1 aliphatic heterocycles. The first-order chi connectivity index (χ1) is 8.63. The maximum absolute atomic E-state index is 11.4. The molecule has 0 spiro atoms. The minimum Gasteiger partial charge on any atom is -0.497 e. The summed E-state index contributed by atoms with van der Waals surface area (Å²) in [4.78, 5) is 22.5. The van der Waals surface area contributed by atoms with Crippen LogP contribution in [0.3, 0.4) is 0 Å². The van der Waals surface area contributed by atoms with E-state index in [-0.39, 0.29) is 6.42 Å². The molecule has 0 saturated carbocycles. The fourth-order valence-corrected chi connectivity index (χ4v) is 1.98. The third kappa shape index (κ3) is 2.45. The van der Waals surface area contributed by atoms with Gasteiger partial charge in [0.1, 0.15) is 11.5 Å². The van der Waals surface area contributed by atoms with Crippen molar-refractivity contribution in [2.45, 2.75) is 12.8 Å². The van der Waals surface area contributed by atoms with E-state index < -0.39 is 17.9 Å². The van der Waals surface area contributed by atoms with E-state index >= 15 is 0 Å². The van der Waals surface area contributed by atoms with Crippen LogP contribution in [0.5, 0.6) is 11.5 Å². The first-order valence-corrected chi connectivity index (χ1v) is 5.59. The second kappa shape index (κ2) is 5.08. The molecule has 1 aromatic carbocycles. The zero-order valence-corrected chi connectivity index (χ0v) is 10.3. The molecular weight excluding hydrogens is 236 g/mol. The van der Waals surface area contributed by atoms with Crippen LogP contribution in [0.2, 0.25) is 0 Å². The fraction of sp³-hybridized carbons (Fsp3) is 0.385. The fourth-order valence-electron chi connectivity index (χ4n) is 1.98. The molecule has 0 bridgehead atoms. The molecule has 18 heavy (non-hydrogen) atoms. The molecule has 0 N–H and O–H groups in total. The van der Waals surface area contributed by atoms with Crippen molar-refractivity contribution in [1.82, 2.24) is 0 Å². The minimum absolute atomic E-state index is 0.124. The smallest absolute Gasteiger partial charge is 0.317 e. The molecule has 96 valence electrons. The Balaban J connectivity index is 2.21. The number of esters is 2. The standard InChI is InChI=1S/C13H14O5/c1-16-10-3-4-11(17-2)8(6-10)5-9-7-12(14)18-13(9)15/h3-4,6,9H,5,7H2,1-2H3.